The summed E-state index contributed by atoms with van der Waals surface area (Å²) >= 11 is 1.09. The molecule has 29 heavy (non-hydrogen) atoms. The van der Waals surface area contributed by atoms with Crippen molar-refractivity contribution in [2.24, 2.45) is 5.41 Å². The third-order valence-corrected chi connectivity index (χ3v) is 4.72. The molecule has 0 saturated heterocycles. The lowest BCUT2D eigenvalue weighted by Crippen LogP contribution is -2.39. The Balaban J connectivity index is 2.91. The van der Waals surface area contributed by atoms with Gasteiger partial charge in [0.15, 0.2) is 5.12 Å². The predicted molar refractivity (Wildman–Crippen MR) is 115 cm³/mol. The second-order valence-electron chi connectivity index (χ2n) is 9.20. The average Bonchev–Trinajstić information content (AvgIpc) is 2.51. The number of rotatable bonds is 6. The molecular formula is C21H32N2O5S. The maximum atomic E-state index is 12.8. The molecule has 0 spiro atoms. The largest absolute Gasteiger partial charge is 0.460 e. The first-order chi connectivity index (χ1) is 13.1. The molecule has 0 aliphatic rings. The van der Waals surface area contributed by atoms with Crippen LogP contribution in [-0.4, -0.2) is 39.1 Å². The van der Waals surface area contributed by atoms with E-state index in [1.165, 1.54) is 6.92 Å². The second kappa shape index (κ2) is 9.61. The van der Waals surface area contributed by atoms with E-state index >= 15 is 0 Å². The number of pyridine rings is 1. The number of carbonyl (C=O) groups is 3. The number of thioether (sulfide) groups is 1. The van der Waals surface area contributed by atoms with Gasteiger partial charge in [0.05, 0.1) is 5.41 Å². The smallest absolute Gasteiger partial charge is 0.413 e. The first-order valence-corrected chi connectivity index (χ1v) is 10.4. The third kappa shape index (κ3) is 9.78. The predicted octanol–water partition coefficient (Wildman–Crippen LogP) is 4.60. The zero-order valence-electron chi connectivity index (χ0n) is 18.5. The van der Waals surface area contributed by atoms with Gasteiger partial charge in [0.2, 0.25) is 0 Å². The number of aromatic nitrogens is 1. The summed E-state index contributed by atoms with van der Waals surface area (Å²) in [5, 5.41) is 2.51. The Morgan fingerprint density at radius 1 is 1.00 bits per heavy atom. The Bertz CT molecular complexity index is 735. The van der Waals surface area contributed by atoms with Crippen molar-refractivity contribution in [3.63, 3.8) is 0 Å². The molecule has 8 heteroatoms. The van der Waals surface area contributed by atoms with Crippen molar-refractivity contribution in [1.29, 1.82) is 0 Å². The first kappa shape index (κ1) is 24.9. The van der Waals surface area contributed by atoms with Crippen LogP contribution in [-0.2, 0) is 25.5 Å². The first-order valence-electron chi connectivity index (χ1n) is 9.41. The lowest BCUT2D eigenvalue weighted by Gasteiger charge is -2.31. The maximum absolute atomic E-state index is 12.8. The van der Waals surface area contributed by atoms with E-state index in [-0.39, 0.29) is 11.1 Å². The summed E-state index contributed by atoms with van der Waals surface area (Å²) in [5.74, 6) is 0.282. The van der Waals surface area contributed by atoms with Crippen LogP contribution in [0.3, 0.4) is 0 Å². The Labute approximate surface area is 177 Å². The molecule has 0 aromatic carbocycles. The van der Waals surface area contributed by atoms with Crippen LogP contribution in [0.15, 0.2) is 18.3 Å². The molecule has 1 unspecified atom stereocenters. The summed E-state index contributed by atoms with van der Waals surface area (Å²) < 4.78 is 10.8. The van der Waals surface area contributed by atoms with Crippen molar-refractivity contribution in [1.82, 2.24) is 4.98 Å². The molecule has 0 radical (unpaired) electrons. The molecule has 0 aliphatic carbocycles. The molecule has 1 N–H and O–H groups in total. The van der Waals surface area contributed by atoms with E-state index in [0.717, 1.165) is 17.3 Å². The van der Waals surface area contributed by atoms with Crippen LogP contribution >= 0.6 is 11.8 Å². The number of hydrogen-bond acceptors (Lipinski definition) is 7. The Hall–Kier alpha value is -2.09. The molecule has 1 aromatic rings. The van der Waals surface area contributed by atoms with Gasteiger partial charge < -0.3 is 9.47 Å². The zero-order valence-corrected chi connectivity index (χ0v) is 19.4. The summed E-state index contributed by atoms with van der Waals surface area (Å²) in [7, 11) is 0. The molecule has 7 nitrogen and oxygen atoms in total. The Morgan fingerprint density at radius 2 is 1.59 bits per heavy atom. The van der Waals surface area contributed by atoms with Gasteiger partial charge in [-0.15, -0.1) is 0 Å². The van der Waals surface area contributed by atoms with E-state index in [9.17, 15) is 14.4 Å². The summed E-state index contributed by atoms with van der Waals surface area (Å²) in [4.78, 5) is 40.3. The molecule has 1 rings (SSSR count). The van der Waals surface area contributed by atoms with Gasteiger partial charge in [0.1, 0.15) is 17.0 Å². The van der Waals surface area contributed by atoms with Crippen molar-refractivity contribution in [3.8, 4) is 0 Å². The van der Waals surface area contributed by atoms with E-state index in [1.807, 2.05) is 20.8 Å². The lowest BCUT2D eigenvalue weighted by atomic mass is 9.86. The maximum Gasteiger partial charge on any atom is 0.413 e. The van der Waals surface area contributed by atoms with Crippen molar-refractivity contribution < 1.29 is 23.9 Å². The van der Waals surface area contributed by atoms with Gasteiger partial charge in [-0.05, 0) is 66.5 Å². The quantitative estimate of drug-likeness (QED) is 0.667. The fraction of sp³-hybridized carbons (Fsp3) is 0.619. The highest BCUT2D eigenvalue weighted by Crippen LogP contribution is 2.31. The molecule has 162 valence electrons. The molecule has 1 heterocycles. The Kier molecular flexibility index (Phi) is 8.26. The van der Waals surface area contributed by atoms with E-state index in [2.05, 4.69) is 10.3 Å². The van der Waals surface area contributed by atoms with Gasteiger partial charge in [0, 0.05) is 18.9 Å². The van der Waals surface area contributed by atoms with E-state index < -0.39 is 22.7 Å². The average molecular weight is 425 g/mol. The van der Waals surface area contributed by atoms with E-state index in [4.69, 9.17) is 9.47 Å². The molecule has 0 aliphatic heterocycles. The third-order valence-electron chi connectivity index (χ3n) is 3.53. The van der Waals surface area contributed by atoms with Crippen molar-refractivity contribution in [2.75, 3.05) is 11.1 Å². The zero-order chi connectivity index (χ0) is 22.5. The van der Waals surface area contributed by atoms with Gasteiger partial charge in [-0.1, -0.05) is 17.8 Å². The van der Waals surface area contributed by atoms with Crippen molar-refractivity contribution >= 4 is 34.8 Å². The van der Waals surface area contributed by atoms with Crippen LogP contribution in [0.5, 0.6) is 0 Å². The van der Waals surface area contributed by atoms with E-state index in [0.29, 0.717) is 18.0 Å². The number of amides is 1. The molecular weight excluding hydrogens is 392 g/mol. The lowest BCUT2D eigenvalue weighted by molar-refractivity contribution is -0.165. The fourth-order valence-electron chi connectivity index (χ4n) is 2.31. The minimum Gasteiger partial charge on any atom is -0.460 e. The number of nitrogens with one attached hydrogen (secondary N) is 1. The standard InChI is InChI=1S/C21H32N2O5S/c1-14(24)29-13-21(8,17(25)27-19(2,3)4)11-15-9-10-16(22-12-15)23-18(26)28-20(5,6)7/h9-10,12H,11,13H2,1-8H3,(H,22,23,26). The van der Waals surface area contributed by atoms with Crippen LogP contribution in [0, 0.1) is 5.41 Å². The Morgan fingerprint density at radius 3 is 2.03 bits per heavy atom. The summed E-state index contributed by atoms with van der Waals surface area (Å²) in [6.07, 6.45) is 1.35. The minimum absolute atomic E-state index is 0.0604. The molecule has 0 saturated carbocycles. The topological polar surface area (TPSA) is 94.6 Å². The molecule has 1 aromatic heterocycles. The summed E-state index contributed by atoms with van der Waals surface area (Å²) in [6, 6.07) is 3.42. The van der Waals surface area contributed by atoms with Gasteiger partial charge in [0.25, 0.3) is 0 Å². The van der Waals surface area contributed by atoms with E-state index in [1.54, 1.807) is 46.0 Å². The van der Waals surface area contributed by atoms with Gasteiger partial charge in [-0.3, -0.25) is 14.9 Å². The summed E-state index contributed by atoms with van der Waals surface area (Å²) in [6.45, 7) is 14.0. The van der Waals surface area contributed by atoms with Gasteiger partial charge in [-0.2, -0.15) is 0 Å². The highest BCUT2D eigenvalue weighted by atomic mass is 32.2. The van der Waals surface area contributed by atoms with Crippen LogP contribution in [0.1, 0.15) is 61.0 Å². The monoisotopic (exact) mass is 424 g/mol. The molecule has 0 fully saturated rings. The highest BCUT2D eigenvalue weighted by Gasteiger charge is 2.38. The number of esters is 1. The van der Waals surface area contributed by atoms with Crippen LogP contribution in [0.2, 0.25) is 0 Å². The minimum atomic E-state index is -0.897. The SMILES string of the molecule is CC(=O)SCC(C)(Cc1ccc(NC(=O)OC(C)(C)C)nc1)C(=O)OC(C)(C)C. The van der Waals surface area contributed by atoms with Crippen molar-refractivity contribution in [3.05, 3.63) is 23.9 Å². The molecule has 0 bridgehead atoms. The number of anilines is 1. The van der Waals surface area contributed by atoms with Crippen LogP contribution < -0.4 is 5.32 Å². The summed E-state index contributed by atoms with van der Waals surface area (Å²) in [5.41, 5.74) is -1.34. The normalized spacial score (nSPS) is 13.9. The number of nitrogens with zero attached hydrogens (tertiary/aromatic N) is 1. The number of carbonyl (C=O) groups excluding carboxylic acids is 3. The van der Waals surface area contributed by atoms with Gasteiger partial charge in [-0.25, -0.2) is 9.78 Å². The number of ether oxygens (including phenoxy) is 2. The van der Waals surface area contributed by atoms with Gasteiger partial charge >= 0.3 is 12.1 Å². The van der Waals surface area contributed by atoms with Crippen molar-refractivity contribution in [2.45, 2.75) is 73.0 Å². The molecule has 1 atom stereocenters. The number of hydrogen-bond donors (Lipinski definition) is 1. The van der Waals surface area contributed by atoms with Crippen LogP contribution in [0.4, 0.5) is 10.6 Å². The highest BCUT2D eigenvalue weighted by molar-refractivity contribution is 8.13. The van der Waals surface area contributed by atoms with Crippen LogP contribution in [0.25, 0.3) is 0 Å². The second-order valence-corrected chi connectivity index (χ2v) is 10.4. The fourth-order valence-corrected chi connectivity index (χ4v) is 3.05. The molecule has 1 amide bonds.